The van der Waals surface area contributed by atoms with Crippen molar-refractivity contribution >= 4 is 22.2 Å². The van der Waals surface area contributed by atoms with E-state index in [1.807, 2.05) is 55.5 Å². The molecule has 1 N–H and O–H groups in total. The average Bonchev–Trinajstić information content (AvgIpc) is 3.82. The molecule has 0 bridgehead atoms. The number of unbranched alkanes of at least 4 members (excludes halogenated alkanes) is 1. The first kappa shape index (κ1) is 49.3. The van der Waals surface area contributed by atoms with Gasteiger partial charge in [0.25, 0.3) is 0 Å². The maximum atomic E-state index is 13.5. The van der Waals surface area contributed by atoms with Crippen molar-refractivity contribution in [1.82, 2.24) is 19.1 Å². The molecule has 6 aromatic rings. The number of fused-ring (bicyclic) bond motifs is 2. The number of halogens is 3. The number of aromatic nitrogens is 4. The number of aliphatic hydroxyl groups excluding tert-OH is 1. The van der Waals surface area contributed by atoms with Gasteiger partial charge in [0.15, 0.2) is 0 Å². The van der Waals surface area contributed by atoms with Crippen LogP contribution in [0.2, 0.25) is 0 Å². The average molecular weight is 888 g/mol. The van der Waals surface area contributed by atoms with Gasteiger partial charge in [-0.25, -0.2) is 18.7 Å². The first-order valence-electron chi connectivity index (χ1n) is 20.7. The van der Waals surface area contributed by atoms with E-state index in [4.69, 9.17) is 14.7 Å². The minimum Gasteiger partial charge on any atom is -0.497 e. The Hall–Kier alpha value is -4.33. The Morgan fingerprint density at radius 2 is 1.25 bits per heavy atom. The zero-order chi connectivity index (χ0) is 43.6. The molecule has 4 aromatic carbocycles. The van der Waals surface area contributed by atoms with Crippen molar-refractivity contribution in [3.63, 3.8) is 0 Å². The number of aryl methyl sites for hydroxylation is 1. The van der Waals surface area contributed by atoms with Crippen LogP contribution in [0.25, 0.3) is 22.5 Å². The maximum absolute atomic E-state index is 13.5. The topological polar surface area (TPSA) is 82.2 Å². The van der Waals surface area contributed by atoms with Gasteiger partial charge >= 0.3 is 18.9 Å². The molecule has 7 nitrogen and oxygen atoms in total. The molecule has 8 rings (SSSR count). The van der Waals surface area contributed by atoms with Gasteiger partial charge in [-0.05, 0) is 115 Å². The van der Waals surface area contributed by atoms with Crippen LogP contribution < -0.4 is 23.6 Å². The summed E-state index contributed by atoms with van der Waals surface area (Å²) in [7, 11) is 1.62. The second-order valence-corrected chi connectivity index (χ2v) is 17.3. The largest absolute Gasteiger partial charge is 1.00 e. The second-order valence-electron chi connectivity index (χ2n) is 16.6. The third-order valence-electron chi connectivity index (χ3n) is 11.0. The molecule has 0 spiro atoms. The van der Waals surface area contributed by atoms with E-state index in [0.717, 1.165) is 107 Å². The number of imidazole rings is 2. The monoisotopic (exact) mass is 886 g/mol. The molecule has 0 saturated heterocycles. The summed E-state index contributed by atoms with van der Waals surface area (Å²) in [5.41, 5.74) is 6.85. The predicted octanol–water partition coefficient (Wildman–Crippen LogP) is 9.81. The first-order chi connectivity index (χ1) is 28.6. The summed E-state index contributed by atoms with van der Waals surface area (Å²) in [6.45, 7) is 18.3. The summed E-state index contributed by atoms with van der Waals surface area (Å²) in [5, 5.41) is 11.3. The second kappa shape index (κ2) is 22.1. The van der Waals surface area contributed by atoms with Crippen molar-refractivity contribution in [2.45, 2.75) is 110 Å². The fourth-order valence-corrected chi connectivity index (χ4v) is 8.08. The number of carbonyl (C=O) groups is 1. The zero-order valence-corrected chi connectivity index (χ0v) is 38.5. The standard InChI is InChI=1S/C23H25FN2O2.C15H16BrFN2.C8H8O.C4H9.Li/c1-23(2)13-4-14-26-20(21(27)16-7-11-18(28-3)12-8-16)19(25-22(23)26)15-5-9-17(24)10-6-15;1-15(2)8-3-9-19-13(16)12(18-14(15)19)10-4-6-11(17)7-5-10;1-7-2-4-8(6-9)5-3-7;1-3-4-2;/h5-12,21,27H,4,13-14H2,1-3H3;4-7H,3,8-9H2,1-2H3;2-6H,1H3;1,3-4H2,2H3;/q;;;-1;+1. The van der Waals surface area contributed by atoms with Gasteiger partial charge in [0, 0.05) is 40.6 Å². The summed E-state index contributed by atoms with van der Waals surface area (Å²) in [5.74, 6) is 2.33. The van der Waals surface area contributed by atoms with Crippen LogP contribution in [-0.2, 0) is 23.9 Å². The molecule has 0 aliphatic carbocycles. The Labute approximate surface area is 381 Å². The Morgan fingerprint density at radius 3 is 1.70 bits per heavy atom. The summed E-state index contributed by atoms with van der Waals surface area (Å²) in [6, 6.07) is 27.7. The molecule has 0 saturated carbocycles. The van der Waals surface area contributed by atoms with Crippen LogP contribution >= 0.6 is 15.9 Å². The van der Waals surface area contributed by atoms with Crippen LogP contribution in [0.4, 0.5) is 8.78 Å². The molecule has 0 fully saturated rings. The van der Waals surface area contributed by atoms with E-state index in [-0.39, 0.29) is 41.3 Å². The number of benzene rings is 4. The van der Waals surface area contributed by atoms with Crippen LogP contribution in [0.5, 0.6) is 5.75 Å². The molecule has 318 valence electrons. The Bertz CT molecular complexity index is 2300. The van der Waals surface area contributed by atoms with Gasteiger partial charge in [-0.3, -0.25) is 4.79 Å². The molecule has 0 amide bonds. The molecule has 1 atom stereocenters. The van der Waals surface area contributed by atoms with E-state index < -0.39 is 6.10 Å². The van der Waals surface area contributed by atoms with Crippen LogP contribution in [0.15, 0.2) is 102 Å². The molecule has 2 aromatic heterocycles. The number of carbonyl (C=O) groups excluding carboxylic acids is 1. The summed E-state index contributed by atoms with van der Waals surface area (Å²) < 4.78 is 37.1. The molecule has 4 heterocycles. The van der Waals surface area contributed by atoms with Gasteiger partial charge in [-0.2, -0.15) is 6.42 Å². The number of nitrogens with zero attached hydrogens (tertiary/aromatic N) is 4. The SMILES string of the molecule is CC1(C)CCCn2c1nc(-c1ccc(F)cc1)c2Br.COc1ccc(C(O)c2c(-c3ccc(F)cc3)nc3n2CCCC3(C)C)cc1.Cc1ccc(C=O)cc1.[CH2-]CCC.[Li+]. The molecule has 0 radical (unpaired) electrons. The molecule has 1 unspecified atom stereocenters. The van der Waals surface area contributed by atoms with Gasteiger partial charge in [-0.1, -0.05) is 83.0 Å². The normalized spacial score (nSPS) is 14.8. The van der Waals surface area contributed by atoms with Gasteiger partial charge in [0.1, 0.15) is 51.7 Å². The van der Waals surface area contributed by atoms with Gasteiger partial charge in [-0.15, -0.1) is 0 Å². The first-order valence-corrected chi connectivity index (χ1v) is 21.5. The number of aliphatic hydroxyl groups is 1. The molecular weight excluding hydrogens is 829 g/mol. The number of methoxy groups -OCH3 is 1. The van der Waals surface area contributed by atoms with Crippen molar-refractivity contribution in [1.29, 1.82) is 0 Å². The number of aldehydes is 1. The zero-order valence-electron chi connectivity index (χ0n) is 36.9. The summed E-state index contributed by atoms with van der Waals surface area (Å²) in [6.07, 6.45) is 6.68. The van der Waals surface area contributed by atoms with Crippen LogP contribution in [0, 0.1) is 25.5 Å². The van der Waals surface area contributed by atoms with Gasteiger partial charge in [0.05, 0.1) is 18.5 Å². The van der Waals surface area contributed by atoms with Gasteiger partial charge in [0.2, 0.25) is 0 Å². The number of hydrogen-bond donors (Lipinski definition) is 1. The minimum absolute atomic E-state index is 0. The number of rotatable bonds is 7. The predicted molar refractivity (Wildman–Crippen MR) is 241 cm³/mol. The maximum Gasteiger partial charge on any atom is 1.00 e. The van der Waals surface area contributed by atoms with Crippen molar-refractivity contribution in [2.75, 3.05) is 7.11 Å². The summed E-state index contributed by atoms with van der Waals surface area (Å²) >= 11 is 3.65. The van der Waals surface area contributed by atoms with Crippen molar-refractivity contribution in [2.24, 2.45) is 0 Å². The van der Waals surface area contributed by atoms with Gasteiger partial charge < -0.3 is 25.9 Å². The van der Waals surface area contributed by atoms with Crippen molar-refractivity contribution in [3.8, 4) is 28.3 Å². The van der Waals surface area contributed by atoms with Crippen molar-refractivity contribution in [3.05, 3.63) is 154 Å². The third-order valence-corrected chi connectivity index (χ3v) is 11.8. The number of hydrogen-bond acceptors (Lipinski definition) is 5. The fourth-order valence-electron chi connectivity index (χ4n) is 7.42. The Kier molecular flexibility index (Phi) is 17.9. The van der Waals surface area contributed by atoms with E-state index in [1.165, 1.54) is 36.2 Å². The molecule has 61 heavy (non-hydrogen) atoms. The van der Waals surface area contributed by atoms with E-state index in [1.54, 1.807) is 31.4 Å². The molecule has 2 aliphatic rings. The summed E-state index contributed by atoms with van der Waals surface area (Å²) in [4.78, 5) is 19.9. The van der Waals surface area contributed by atoms with E-state index in [0.29, 0.717) is 5.69 Å². The van der Waals surface area contributed by atoms with E-state index >= 15 is 0 Å². The van der Waals surface area contributed by atoms with Crippen molar-refractivity contribution < 1.29 is 42.3 Å². The Morgan fingerprint density at radius 1 is 0.787 bits per heavy atom. The van der Waals surface area contributed by atoms with E-state index in [2.05, 4.69) is 66.6 Å². The molecular formula is C50H58BrF2LiN4O3. The van der Waals surface area contributed by atoms with Crippen LogP contribution in [0.3, 0.4) is 0 Å². The quantitative estimate of drug-likeness (QED) is 0.0982. The Balaban J connectivity index is 0.000000213. The van der Waals surface area contributed by atoms with Crippen LogP contribution in [0.1, 0.15) is 118 Å². The molecule has 11 heteroatoms. The minimum atomic E-state index is -0.832. The van der Waals surface area contributed by atoms with Crippen LogP contribution in [-0.4, -0.2) is 37.6 Å². The smallest absolute Gasteiger partial charge is 0.497 e. The van der Waals surface area contributed by atoms with E-state index in [9.17, 15) is 18.7 Å². The number of ether oxygens (including phenoxy) is 1. The molecule has 2 aliphatic heterocycles. The fraction of sp³-hybridized carbons (Fsp3) is 0.360. The third kappa shape index (κ3) is 12.2.